The molecule has 0 saturated carbocycles. The summed E-state index contributed by atoms with van der Waals surface area (Å²) in [4.78, 5) is 12.5. The normalized spacial score (nSPS) is 19.0. The molecule has 1 unspecified atom stereocenters. The Morgan fingerprint density at radius 3 is 2.32 bits per heavy atom. The molecule has 1 saturated heterocycles. The van der Waals surface area contributed by atoms with E-state index in [2.05, 4.69) is 0 Å². The number of epoxide rings is 1. The molecule has 1 aliphatic rings. The summed E-state index contributed by atoms with van der Waals surface area (Å²) in [6.07, 6.45) is 3.77. The van der Waals surface area contributed by atoms with Gasteiger partial charge in [-0.1, -0.05) is 24.3 Å². The van der Waals surface area contributed by atoms with Gasteiger partial charge in [-0.25, -0.2) is 0 Å². The van der Waals surface area contributed by atoms with Crippen LogP contribution >= 0.6 is 0 Å². The van der Waals surface area contributed by atoms with Crippen molar-refractivity contribution in [2.45, 2.75) is 12.5 Å². The lowest BCUT2D eigenvalue weighted by Crippen LogP contribution is -2.20. The number of rotatable bonds is 6. The maximum Gasteiger partial charge on any atom is 0.200 e. The zero-order valence-electron chi connectivity index (χ0n) is 14.4. The predicted octanol–water partition coefficient (Wildman–Crippen LogP) is 3.55. The van der Waals surface area contributed by atoms with Crippen molar-refractivity contribution in [1.82, 2.24) is 0 Å². The van der Waals surface area contributed by atoms with Crippen LogP contribution in [0.5, 0.6) is 17.2 Å². The standard InChI is InChI=1S/C20H20O5/c1-20(12-25-20)19(22)16-10-14(11-17(24-3)18(16)21)5-4-13-6-8-15(23-2)9-7-13/h4-11,21H,12H2,1-3H3/b5-4+. The molecular formula is C20H20O5. The summed E-state index contributed by atoms with van der Waals surface area (Å²) in [6.45, 7) is 2.07. The predicted molar refractivity (Wildman–Crippen MR) is 95.3 cm³/mol. The van der Waals surface area contributed by atoms with Crippen LogP contribution in [-0.4, -0.2) is 37.3 Å². The van der Waals surface area contributed by atoms with Crippen molar-refractivity contribution in [1.29, 1.82) is 0 Å². The molecule has 0 aromatic heterocycles. The van der Waals surface area contributed by atoms with E-state index < -0.39 is 5.60 Å². The molecule has 1 N–H and O–H groups in total. The molecule has 25 heavy (non-hydrogen) atoms. The van der Waals surface area contributed by atoms with Crippen LogP contribution in [0.4, 0.5) is 0 Å². The Morgan fingerprint density at radius 1 is 1.12 bits per heavy atom. The highest BCUT2D eigenvalue weighted by atomic mass is 16.6. The highest BCUT2D eigenvalue weighted by Crippen LogP contribution is 2.38. The maximum absolute atomic E-state index is 12.5. The topological polar surface area (TPSA) is 68.3 Å². The van der Waals surface area contributed by atoms with E-state index in [9.17, 15) is 9.90 Å². The number of Topliss-reactive ketones (excluding diaryl/α,β-unsaturated/α-hetero) is 1. The number of carbonyl (C=O) groups excluding carboxylic acids is 1. The van der Waals surface area contributed by atoms with Crippen molar-refractivity contribution < 1.29 is 24.1 Å². The zero-order valence-corrected chi connectivity index (χ0v) is 14.4. The number of phenols is 1. The van der Waals surface area contributed by atoms with Crippen molar-refractivity contribution in [3.05, 3.63) is 53.1 Å². The van der Waals surface area contributed by atoms with Gasteiger partial charge in [0.2, 0.25) is 5.78 Å². The lowest BCUT2D eigenvalue weighted by molar-refractivity contribution is 0.0884. The fourth-order valence-corrected chi connectivity index (χ4v) is 2.49. The van der Waals surface area contributed by atoms with Gasteiger partial charge in [0.1, 0.15) is 5.75 Å². The molecule has 1 heterocycles. The first-order valence-corrected chi connectivity index (χ1v) is 7.89. The summed E-state index contributed by atoms with van der Waals surface area (Å²) >= 11 is 0. The number of ether oxygens (including phenoxy) is 3. The number of hydrogen-bond donors (Lipinski definition) is 1. The van der Waals surface area contributed by atoms with Gasteiger partial charge in [-0.15, -0.1) is 0 Å². The van der Waals surface area contributed by atoms with Crippen LogP contribution in [0.3, 0.4) is 0 Å². The van der Waals surface area contributed by atoms with E-state index in [1.807, 2.05) is 36.4 Å². The number of phenolic OH excluding ortho intramolecular Hbond substituents is 1. The zero-order chi connectivity index (χ0) is 18.0. The largest absolute Gasteiger partial charge is 0.504 e. The fourth-order valence-electron chi connectivity index (χ4n) is 2.49. The van der Waals surface area contributed by atoms with Crippen molar-refractivity contribution in [3.8, 4) is 17.2 Å². The minimum Gasteiger partial charge on any atom is -0.504 e. The summed E-state index contributed by atoms with van der Waals surface area (Å²) in [5.74, 6) is 0.632. The quantitative estimate of drug-likeness (QED) is 0.495. The van der Waals surface area contributed by atoms with Gasteiger partial charge in [0.25, 0.3) is 0 Å². The van der Waals surface area contributed by atoms with E-state index in [0.717, 1.165) is 16.9 Å². The first kappa shape index (κ1) is 17.0. The minimum atomic E-state index is -0.846. The average Bonchev–Trinajstić information content (AvgIpc) is 3.39. The molecule has 2 aromatic rings. The Labute approximate surface area is 146 Å². The van der Waals surface area contributed by atoms with Crippen molar-refractivity contribution in [2.75, 3.05) is 20.8 Å². The van der Waals surface area contributed by atoms with Crippen molar-refractivity contribution in [2.24, 2.45) is 0 Å². The third kappa shape index (κ3) is 3.51. The highest BCUT2D eigenvalue weighted by molar-refractivity contribution is 6.07. The summed E-state index contributed by atoms with van der Waals surface area (Å²) in [7, 11) is 3.08. The van der Waals surface area contributed by atoms with E-state index in [1.54, 1.807) is 26.2 Å². The van der Waals surface area contributed by atoms with Gasteiger partial charge in [-0.2, -0.15) is 0 Å². The molecule has 0 bridgehead atoms. The third-order valence-electron chi connectivity index (χ3n) is 4.20. The van der Waals surface area contributed by atoms with Crippen molar-refractivity contribution >= 4 is 17.9 Å². The van der Waals surface area contributed by atoms with Crippen LogP contribution in [0.15, 0.2) is 36.4 Å². The van der Waals surface area contributed by atoms with E-state index in [4.69, 9.17) is 14.2 Å². The second-order valence-electron chi connectivity index (χ2n) is 6.07. The van der Waals surface area contributed by atoms with Gasteiger partial charge >= 0.3 is 0 Å². The van der Waals surface area contributed by atoms with Gasteiger partial charge < -0.3 is 19.3 Å². The molecule has 2 aromatic carbocycles. The molecular weight excluding hydrogens is 320 g/mol. The molecule has 0 radical (unpaired) electrons. The molecule has 0 amide bonds. The molecule has 1 aliphatic heterocycles. The smallest absolute Gasteiger partial charge is 0.200 e. The van der Waals surface area contributed by atoms with Gasteiger partial charge in [0.05, 0.1) is 26.4 Å². The monoisotopic (exact) mass is 340 g/mol. The Morgan fingerprint density at radius 2 is 1.76 bits per heavy atom. The molecule has 0 spiro atoms. The number of hydrogen-bond acceptors (Lipinski definition) is 5. The number of carbonyl (C=O) groups is 1. The minimum absolute atomic E-state index is 0.161. The summed E-state index contributed by atoms with van der Waals surface area (Å²) < 4.78 is 15.5. The van der Waals surface area contributed by atoms with E-state index >= 15 is 0 Å². The summed E-state index contributed by atoms with van der Waals surface area (Å²) in [5.41, 5.74) is 1.09. The fraction of sp³-hybridized carbons (Fsp3) is 0.250. The third-order valence-corrected chi connectivity index (χ3v) is 4.20. The molecule has 3 rings (SSSR count). The van der Waals surface area contributed by atoms with Gasteiger partial charge in [0.15, 0.2) is 17.1 Å². The lowest BCUT2D eigenvalue weighted by atomic mass is 9.96. The van der Waals surface area contributed by atoms with Gasteiger partial charge in [-0.05, 0) is 42.3 Å². The van der Waals surface area contributed by atoms with Crippen LogP contribution in [0.2, 0.25) is 0 Å². The maximum atomic E-state index is 12.5. The second-order valence-corrected chi connectivity index (χ2v) is 6.07. The van der Waals surface area contributed by atoms with Crippen molar-refractivity contribution in [3.63, 3.8) is 0 Å². The van der Waals surface area contributed by atoms with E-state index in [-0.39, 0.29) is 22.8 Å². The Balaban J connectivity index is 1.92. The summed E-state index contributed by atoms with van der Waals surface area (Å²) in [6, 6.07) is 10.9. The summed E-state index contributed by atoms with van der Waals surface area (Å²) in [5, 5.41) is 10.3. The molecule has 5 heteroatoms. The number of benzene rings is 2. The highest BCUT2D eigenvalue weighted by Gasteiger charge is 2.48. The first-order chi connectivity index (χ1) is 12.0. The molecule has 130 valence electrons. The Kier molecular flexibility index (Phi) is 4.51. The van der Waals surface area contributed by atoms with Gasteiger partial charge in [0, 0.05) is 0 Å². The molecule has 5 nitrogen and oxygen atoms in total. The molecule has 0 aliphatic carbocycles. The lowest BCUT2D eigenvalue weighted by Gasteiger charge is -2.11. The molecule has 1 atom stereocenters. The van der Waals surface area contributed by atoms with Crippen LogP contribution in [0, 0.1) is 0 Å². The molecule has 1 fully saturated rings. The first-order valence-electron chi connectivity index (χ1n) is 7.89. The van der Waals surface area contributed by atoms with Crippen LogP contribution < -0.4 is 9.47 Å². The second kappa shape index (κ2) is 6.61. The van der Waals surface area contributed by atoms with Crippen LogP contribution in [0.25, 0.3) is 12.2 Å². The van der Waals surface area contributed by atoms with Gasteiger partial charge in [-0.3, -0.25) is 4.79 Å². The van der Waals surface area contributed by atoms with Crippen LogP contribution in [-0.2, 0) is 4.74 Å². The average molecular weight is 340 g/mol. The van der Waals surface area contributed by atoms with E-state index in [1.165, 1.54) is 7.11 Å². The Bertz CT molecular complexity index is 817. The Hall–Kier alpha value is -2.79. The van der Waals surface area contributed by atoms with E-state index in [0.29, 0.717) is 6.61 Å². The SMILES string of the molecule is COc1ccc(/C=C/c2cc(OC)c(O)c(C(=O)C3(C)CO3)c2)cc1. The number of methoxy groups -OCH3 is 2. The van der Waals surface area contributed by atoms with Crippen LogP contribution in [0.1, 0.15) is 28.4 Å². The number of aromatic hydroxyl groups is 1. The number of ketones is 1.